The van der Waals surface area contributed by atoms with Crippen molar-refractivity contribution in [1.82, 2.24) is 29.6 Å². The lowest BCUT2D eigenvalue weighted by molar-refractivity contribution is -0.146. The Labute approximate surface area is 208 Å². The maximum absolute atomic E-state index is 13.2. The van der Waals surface area contributed by atoms with Gasteiger partial charge in [0.2, 0.25) is 0 Å². The summed E-state index contributed by atoms with van der Waals surface area (Å²) in [7, 11) is 2.17. The van der Waals surface area contributed by atoms with Crippen molar-refractivity contribution in [3.8, 4) is 5.75 Å². The van der Waals surface area contributed by atoms with Gasteiger partial charge in [0.1, 0.15) is 11.6 Å². The molecule has 0 aliphatic carbocycles. The first-order valence-corrected chi connectivity index (χ1v) is 12.5. The lowest BCUT2D eigenvalue weighted by Crippen LogP contribution is -2.44. The summed E-state index contributed by atoms with van der Waals surface area (Å²) in [5, 5.41) is 11.0. The van der Waals surface area contributed by atoms with Gasteiger partial charge in [-0.05, 0) is 62.1 Å². The van der Waals surface area contributed by atoms with E-state index in [1.54, 1.807) is 6.07 Å². The molecule has 0 radical (unpaired) electrons. The van der Waals surface area contributed by atoms with Crippen LogP contribution in [0.4, 0.5) is 19.0 Å². The van der Waals surface area contributed by atoms with Crippen LogP contribution >= 0.6 is 0 Å². The van der Waals surface area contributed by atoms with E-state index >= 15 is 0 Å². The lowest BCUT2D eigenvalue weighted by Gasteiger charge is -2.33. The van der Waals surface area contributed by atoms with Gasteiger partial charge in [-0.3, -0.25) is 0 Å². The molecule has 2 saturated heterocycles. The van der Waals surface area contributed by atoms with Gasteiger partial charge in [0.05, 0.1) is 6.61 Å². The molecule has 8 nitrogen and oxygen atoms in total. The normalized spacial score (nSPS) is 18.7. The van der Waals surface area contributed by atoms with Crippen molar-refractivity contribution < 1.29 is 17.9 Å². The summed E-state index contributed by atoms with van der Waals surface area (Å²) in [5.74, 6) is 0.695. The second-order valence-electron chi connectivity index (χ2n) is 9.66. The van der Waals surface area contributed by atoms with Gasteiger partial charge in [0.15, 0.2) is 5.65 Å². The van der Waals surface area contributed by atoms with Crippen molar-refractivity contribution in [1.29, 1.82) is 0 Å². The molecule has 11 heteroatoms. The fourth-order valence-electron chi connectivity index (χ4n) is 4.95. The third kappa shape index (κ3) is 5.73. The molecular formula is C25H32F3N7O. The molecule has 1 aromatic carbocycles. The molecule has 2 aromatic heterocycles. The van der Waals surface area contributed by atoms with Crippen molar-refractivity contribution in [3.63, 3.8) is 0 Å². The largest absolute Gasteiger partial charge is 0.494 e. The van der Waals surface area contributed by atoms with Crippen LogP contribution in [0.1, 0.15) is 36.6 Å². The minimum absolute atomic E-state index is 0.0857. The van der Waals surface area contributed by atoms with Crippen LogP contribution in [0.5, 0.6) is 5.75 Å². The molecule has 0 spiro atoms. The highest BCUT2D eigenvalue weighted by molar-refractivity contribution is 5.46. The molecule has 5 rings (SSSR count). The third-order valence-corrected chi connectivity index (χ3v) is 7.16. The molecule has 0 saturated carbocycles. The van der Waals surface area contributed by atoms with Crippen LogP contribution in [0.3, 0.4) is 0 Å². The van der Waals surface area contributed by atoms with E-state index in [1.807, 2.05) is 17.0 Å². The number of nitrogens with zero attached hydrogens (tertiary/aromatic N) is 7. The molecule has 0 bridgehead atoms. The standard InChI is InChI=1S/C25H32F3N7O/c1-32-14-16-33(17-15-32)11-2-18-36-21-5-3-19(4-6-21)20-9-12-34(13-10-20)23-8-7-22-29-30-24(25(26,27)28)35(22)31-23/h3-8,20H,2,9-18H2,1H3. The van der Waals surface area contributed by atoms with Crippen molar-refractivity contribution in [2.45, 2.75) is 31.4 Å². The topological polar surface area (TPSA) is 62.0 Å². The average molecular weight is 504 g/mol. The molecule has 2 fully saturated rings. The van der Waals surface area contributed by atoms with Crippen LogP contribution < -0.4 is 9.64 Å². The Morgan fingerprint density at radius 2 is 1.64 bits per heavy atom. The van der Waals surface area contributed by atoms with E-state index < -0.39 is 12.0 Å². The molecule has 2 aliphatic rings. The number of piperidine rings is 1. The molecule has 0 amide bonds. The summed E-state index contributed by atoms with van der Waals surface area (Å²) in [6, 6.07) is 11.6. The fraction of sp³-hybridized carbons (Fsp3) is 0.560. The number of rotatable bonds is 7. The van der Waals surface area contributed by atoms with Crippen LogP contribution in [-0.2, 0) is 6.18 Å². The van der Waals surface area contributed by atoms with Crippen molar-refractivity contribution >= 4 is 11.5 Å². The summed E-state index contributed by atoms with van der Waals surface area (Å²) in [6.07, 6.45) is -1.78. The first-order chi connectivity index (χ1) is 17.4. The van der Waals surface area contributed by atoms with Gasteiger partial charge in [0.25, 0.3) is 5.82 Å². The van der Waals surface area contributed by atoms with Gasteiger partial charge >= 0.3 is 6.18 Å². The Morgan fingerprint density at radius 3 is 2.33 bits per heavy atom. The van der Waals surface area contributed by atoms with Crippen LogP contribution in [0.2, 0.25) is 0 Å². The van der Waals surface area contributed by atoms with Gasteiger partial charge in [0, 0.05) is 45.8 Å². The van der Waals surface area contributed by atoms with Gasteiger partial charge in [-0.25, -0.2) is 0 Å². The van der Waals surface area contributed by atoms with E-state index in [-0.39, 0.29) is 5.65 Å². The SMILES string of the molecule is CN1CCN(CCCOc2ccc(C3CCN(c4ccc5nnc(C(F)(F)F)n5n4)CC3)cc2)CC1. The number of ether oxygens (including phenoxy) is 1. The van der Waals surface area contributed by atoms with E-state index in [1.165, 1.54) is 11.6 Å². The van der Waals surface area contributed by atoms with Crippen LogP contribution in [-0.4, -0.2) is 89.1 Å². The number of likely N-dealkylation sites (N-methyl/N-ethyl adjacent to an activating group) is 1. The first kappa shape index (κ1) is 24.8. The fourth-order valence-corrected chi connectivity index (χ4v) is 4.95. The van der Waals surface area contributed by atoms with Crippen molar-refractivity contribution in [2.24, 2.45) is 0 Å². The number of hydrogen-bond donors (Lipinski definition) is 0. The molecular weight excluding hydrogens is 471 g/mol. The van der Waals surface area contributed by atoms with E-state index in [9.17, 15) is 13.2 Å². The summed E-state index contributed by atoms with van der Waals surface area (Å²) in [6.45, 7) is 7.75. The minimum Gasteiger partial charge on any atom is -0.494 e. The predicted molar refractivity (Wildman–Crippen MR) is 130 cm³/mol. The van der Waals surface area contributed by atoms with E-state index in [4.69, 9.17) is 4.74 Å². The smallest absolute Gasteiger partial charge is 0.453 e. The molecule has 194 valence electrons. The monoisotopic (exact) mass is 503 g/mol. The number of benzene rings is 1. The van der Waals surface area contributed by atoms with Crippen LogP contribution in [0.15, 0.2) is 36.4 Å². The Hall–Kier alpha value is -2.92. The number of hydrogen-bond acceptors (Lipinski definition) is 7. The number of piperazine rings is 1. The van der Waals surface area contributed by atoms with E-state index in [0.717, 1.165) is 75.3 Å². The molecule has 2 aliphatic heterocycles. The third-order valence-electron chi connectivity index (χ3n) is 7.16. The summed E-state index contributed by atoms with van der Waals surface area (Å²) in [4.78, 5) is 6.88. The zero-order valence-electron chi connectivity index (χ0n) is 20.5. The number of alkyl halides is 3. The van der Waals surface area contributed by atoms with Crippen LogP contribution in [0, 0.1) is 0 Å². The summed E-state index contributed by atoms with van der Waals surface area (Å²) >= 11 is 0. The number of aromatic nitrogens is 4. The van der Waals surface area contributed by atoms with Crippen molar-refractivity contribution in [2.75, 3.05) is 64.4 Å². The lowest BCUT2D eigenvalue weighted by atomic mass is 9.89. The molecule has 4 heterocycles. The highest BCUT2D eigenvalue weighted by Gasteiger charge is 2.38. The number of halogens is 3. The number of anilines is 1. The van der Waals surface area contributed by atoms with Gasteiger partial charge in [-0.15, -0.1) is 15.3 Å². The first-order valence-electron chi connectivity index (χ1n) is 12.5. The molecule has 0 unspecified atom stereocenters. The Balaban J connectivity index is 1.10. The minimum atomic E-state index is -4.60. The van der Waals surface area contributed by atoms with E-state index in [0.29, 0.717) is 18.3 Å². The summed E-state index contributed by atoms with van der Waals surface area (Å²) < 4.78 is 46.3. The Morgan fingerprint density at radius 1 is 0.917 bits per heavy atom. The zero-order chi connectivity index (χ0) is 25.1. The average Bonchev–Trinajstić information content (AvgIpc) is 3.32. The predicted octanol–water partition coefficient (Wildman–Crippen LogP) is 3.54. The van der Waals surface area contributed by atoms with Crippen molar-refractivity contribution in [3.05, 3.63) is 47.8 Å². The van der Waals surface area contributed by atoms with Crippen LogP contribution in [0.25, 0.3) is 5.65 Å². The van der Waals surface area contributed by atoms with Gasteiger partial charge in [-0.2, -0.15) is 17.7 Å². The summed E-state index contributed by atoms with van der Waals surface area (Å²) in [5.41, 5.74) is 1.35. The second-order valence-corrected chi connectivity index (χ2v) is 9.66. The zero-order valence-corrected chi connectivity index (χ0v) is 20.5. The molecule has 0 N–H and O–H groups in total. The van der Waals surface area contributed by atoms with Gasteiger partial charge in [-0.1, -0.05) is 12.1 Å². The Kier molecular flexibility index (Phi) is 7.29. The quantitative estimate of drug-likeness (QED) is 0.457. The second kappa shape index (κ2) is 10.6. The molecule has 0 atom stereocenters. The molecule has 3 aromatic rings. The highest BCUT2D eigenvalue weighted by Crippen LogP contribution is 2.32. The highest BCUT2D eigenvalue weighted by atomic mass is 19.4. The maximum atomic E-state index is 13.2. The van der Waals surface area contributed by atoms with E-state index in [2.05, 4.69) is 44.3 Å². The maximum Gasteiger partial charge on any atom is 0.453 e. The Bertz CT molecular complexity index is 1130. The van der Waals surface area contributed by atoms with Gasteiger partial charge < -0.3 is 19.4 Å². The number of fused-ring (bicyclic) bond motifs is 1. The molecule has 36 heavy (non-hydrogen) atoms.